The van der Waals surface area contributed by atoms with Crippen molar-refractivity contribution in [2.24, 2.45) is 45.3 Å². The smallest absolute Gasteiger partial charge is 0.144 e. The number of hydroxylamine groups is 2. The van der Waals surface area contributed by atoms with E-state index in [1.165, 1.54) is 5.06 Å². The van der Waals surface area contributed by atoms with E-state index in [-0.39, 0.29) is 33.5 Å². The van der Waals surface area contributed by atoms with Gasteiger partial charge in [-0.15, -0.1) is 0 Å². The first-order valence-electron chi connectivity index (χ1n) is 10.4. The fourth-order valence-corrected chi connectivity index (χ4v) is 7.50. The molecular formula is C22H35NO3. The molecule has 0 aromatic rings. The van der Waals surface area contributed by atoms with Gasteiger partial charge in [-0.05, 0) is 48.3 Å². The number of nitrogens with zero attached hydrogens (tertiary/aromatic N) is 1. The lowest BCUT2D eigenvalue weighted by Gasteiger charge is -2.32. The molecule has 4 saturated carbocycles. The monoisotopic (exact) mass is 361 g/mol. The van der Waals surface area contributed by atoms with Crippen LogP contribution < -0.4 is 0 Å². The minimum Gasteiger partial charge on any atom is -0.314 e. The van der Waals surface area contributed by atoms with E-state index in [0.717, 1.165) is 25.7 Å². The van der Waals surface area contributed by atoms with Crippen LogP contribution >= 0.6 is 0 Å². The van der Waals surface area contributed by atoms with Gasteiger partial charge in [-0.25, -0.2) is 0 Å². The molecule has 0 aromatic carbocycles. The van der Waals surface area contributed by atoms with E-state index in [1.54, 1.807) is 0 Å². The third kappa shape index (κ3) is 1.93. The van der Waals surface area contributed by atoms with Crippen molar-refractivity contribution in [3.63, 3.8) is 0 Å². The Balaban J connectivity index is 1.47. The Morgan fingerprint density at radius 3 is 1.42 bits per heavy atom. The van der Waals surface area contributed by atoms with Crippen LogP contribution in [-0.2, 0) is 9.59 Å². The third-order valence-corrected chi connectivity index (χ3v) is 10.2. The van der Waals surface area contributed by atoms with Crippen LogP contribution in [-0.4, -0.2) is 34.9 Å². The predicted molar refractivity (Wildman–Crippen MR) is 99.6 cm³/mol. The molecule has 4 nitrogen and oxygen atoms in total. The Hall–Kier alpha value is -0.740. The molecule has 0 saturated heterocycles. The molecule has 0 amide bonds. The van der Waals surface area contributed by atoms with E-state index in [9.17, 15) is 14.8 Å². The first-order chi connectivity index (χ1) is 11.9. The highest BCUT2D eigenvalue weighted by Crippen LogP contribution is 2.67. The minimum atomic E-state index is -0.249. The van der Waals surface area contributed by atoms with Crippen molar-refractivity contribution in [1.82, 2.24) is 5.06 Å². The molecule has 0 heterocycles. The summed E-state index contributed by atoms with van der Waals surface area (Å²) in [6.07, 6.45) is 4.09. The van der Waals surface area contributed by atoms with Crippen molar-refractivity contribution in [3.05, 3.63) is 0 Å². The SMILES string of the molecule is CC1(C)[C@H]2CC[C@@]1(C)C(=O)[C@@H]2CN(O)C[C@H]1C(=O)[C@@]2(C)CC[C@H]1C2(C)C. The summed E-state index contributed by atoms with van der Waals surface area (Å²) in [5.74, 6) is 1.16. The van der Waals surface area contributed by atoms with Gasteiger partial charge in [-0.2, -0.15) is 5.06 Å². The molecule has 4 aliphatic rings. The van der Waals surface area contributed by atoms with Crippen molar-refractivity contribution >= 4 is 11.6 Å². The van der Waals surface area contributed by atoms with Gasteiger partial charge >= 0.3 is 0 Å². The van der Waals surface area contributed by atoms with E-state index < -0.39 is 0 Å². The standard InChI is InChI=1S/C22H35NO3/c1-19(2)15-7-9-21(19,5)17(24)13(15)11-23(26)12-14-16-8-10-22(6,18(14)25)20(16,3)4/h13-16,26H,7-12H2,1-6H3/t13-,14-,15-,16+,21-,22+/m1/s1. The van der Waals surface area contributed by atoms with Crippen LogP contribution in [0.5, 0.6) is 0 Å². The molecule has 4 bridgehead atoms. The summed E-state index contributed by atoms with van der Waals surface area (Å²) in [6, 6.07) is 0. The van der Waals surface area contributed by atoms with Crippen LogP contribution in [0, 0.1) is 45.3 Å². The highest BCUT2D eigenvalue weighted by atomic mass is 16.5. The maximum absolute atomic E-state index is 13.0. The highest BCUT2D eigenvalue weighted by molar-refractivity contribution is 5.92. The zero-order valence-corrected chi connectivity index (χ0v) is 17.3. The molecule has 4 heteroatoms. The van der Waals surface area contributed by atoms with E-state index in [0.29, 0.717) is 36.5 Å². The first kappa shape index (κ1) is 18.6. The summed E-state index contributed by atoms with van der Waals surface area (Å²) in [7, 11) is 0. The van der Waals surface area contributed by atoms with Gasteiger partial charge in [0.1, 0.15) is 11.6 Å². The summed E-state index contributed by atoms with van der Waals surface area (Å²) in [5.41, 5.74) is -0.484. The Morgan fingerprint density at radius 1 is 0.808 bits per heavy atom. The van der Waals surface area contributed by atoms with E-state index >= 15 is 0 Å². The second-order valence-corrected chi connectivity index (χ2v) is 11.2. The largest absolute Gasteiger partial charge is 0.314 e. The molecule has 4 fully saturated rings. The third-order valence-electron chi connectivity index (χ3n) is 10.2. The normalized spacial score (nSPS) is 48.2. The van der Waals surface area contributed by atoms with Gasteiger partial charge in [0.2, 0.25) is 0 Å². The van der Waals surface area contributed by atoms with E-state index in [4.69, 9.17) is 0 Å². The summed E-state index contributed by atoms with van der Waals surface area (Å²) < 4.78 is 0. The number of hydrogen-bond donors (Lipinski definition) is 1. The summed E-state index contributed by atoms with van der Waals surface area (Å²) >= 11 is 0. The molecule has 6 atom stereocenters. The van der Waals surface area contributed by atoms with Gasteiger partial charge in [-0.3, -0.25) is 9.59 Å². The fourth-order valence-electron chi connectivity index (χ4n) is 7.50. The van der Waals surface area contributed by atoms with Crippen molar-refractivity contribution in [3.8, 4) is 0 Å². The molecule has 0 radical (unpaired) electrons. The van der Waals surface area contributed by atoms with Crippen LogP contribution in [0.4, 0.5) is 0 Å². The quantitative estimate of drug-likeness (QED) is 0.770. The molecule has 0 aliphatic heterocycles. The number of ketones is 2. The van der Waals surface area contributed by atoms with Gasteiger partial charge in [-0.1, -0.05) is 41.5 Å². The van der Waals surface area contributed by atoms with Crippen LogP contribution in [0.3, 0.4) is 0 Å². The Labute approximate surface area is 157 Å². The van der Waals surface area contributed by atoms with Crippen LogP contribution in [0.15, 0.2) is 0 Å². The number of Topliss-reactive ketones (excluding diaryl/α,β-unsaturated/α-hetero) is 2. The maximum Gasteiger partial charge on any atom is 0.144 e. The average molecular weight is 362 g/mol. The lowest BCUT2D eigenvalue weighted by Crippen LogP contribution is -2.42. The van der Waals surface area contributed by atoms with E-state index in [2.05, 4.69) is 41.5 Å². The minimum absolute atomic E-state index is 0.00725. The number of carbonyl (C=O) groups excluding carboxylic acids is 2. The molecule has 1 N–H and O–H groups in total. The molecule has 146 valence electrons. The second kappa shape index (κ2) is 5.20. The van der Waals surface area contributed by atoms with E-state index in [1.807, 2.05) is 0 Å². The topological polar surface area (TPSA) is 57.6 Å². The second-order valence-electron chi connectivity index (χ2n) is 11.2. The molecule has 4 aliphatic carbocycles. The average Bonchev–Trinajstić information content (AvgIpc) is 3.02. The number of fused-ring (bicyclic) bond motifs is 4. The lowest BCUT2D eigenvalue weighted by atomic mass is 9.70. The van der Waals surface area contributed by atoms with Gasteiger partial charge < -0.3 is 5.21 Å². The van der Waals surface area contributed by atoms with Gasteiger partial charge in [0.25, 0.3) is 0 Å². The maximum atomic E-state index is 13.0. The summed E-state index contributed by atoms with van der Waals surface area (Å²) in [6.45, 7) is 13.9. The Bertz CT molecular complexity index is 612. The zero-order valence-electron chi connectivity index (χ0n) is 17.3. The van der Waals surface area contributed by atoms with Crippen LogP contribution in [0.2, 0.25) is 0 Å². The molecule has 4 rings (SSSR count). The molecule has 26 heavy (non-hydrogen) atoms. The van der Waals surface area contributed by atoms with Crippen LogP contribution in [0.25, 0.3) is 0 Å². The van der Waals surface area contributed by atoms with Crippen LogP contribution in [0.1, 0.15) is 67.2 Å². The van der Waals surface area contributed by atoms with Crippen molar-refractivity contribution < 1.29 is 14.8 Å². The number of rotatable bonds is 4. The van der Waals surface area contributed by atoms with Crippen molar-refractivity contribution in [2.45, 2.75) is 67.2 Å². The van der Waals surface area contributed by atoms with Crippen molar-refractivity contribution in [1.29, 1.82) is 0 Å². The van der Waals surface area contributed by atoms with Gasteiger partial charge in [0, 0.05) is 35.8 Å². The zero-order chi connectivity index (χ0) is 19.3. The molecular weight excluding hydrogens is 326 g/mol. The fraction of sp³-hybridized carbons (Fsp3) is 0.909. The van der Waals surface area contributed by atoms with Gasteiger partial charge in [0.05, 0.1) is 0 Å². The summed E-state index contributed by atoms with van der Waals surface area (Å²) in [5, 5.41) is 12.0. The Morgan fingerprint density at radius 2 is 1.15 bits per heavy atom. The number of hydrogen-bond acceptors (Lipinski definition) is 4. The molecule has 0 spiro atoms. The first-order valence-corrected chi connectivity index (χ1v) is 10.4. The molecule has 0 unspecified atom stereocenters. The predicted octanol–water partition coefficient (Wildman–Crippen LogP) is 3.96. The Kier molecular flexibility index (Phi) is 3.72. The number of carbonyl (C=O) groups is 2. The lowest BCUT2D eigenvalue weighted by molar-refractivity contribution is -0.148. The molecule has 0 aromatic heterocycles. The summed E-state index contributed by atoms with van der Waals surface area (Å²) in [4.78, 5) is 26.0. The van der Waals surface area contributed by atoms with Gasteiger partial charge in [0.15, 0.2) is 0 Å². The highest BCUT2D eigenvalue weighted by Gasteiger charge is 2.67. The van der Waals surface area contributed by atoms with Crippen molar-refractivity contribution in [2.75, 3.05) is 13.1 Å².